The molecule has 1 fully saturated rings. The van der Waals surface area contributed by atoms with E-state index in [1.54, 1.807) is 7.11 Å². The van der Waals surface area contributed by atoms with Crippen LogP contribution in [0.1, 0.15) is 29.9 Å². The third-order valence-corrected chi connectivity index (χ3v) is 5.24. The van der Waals surface area contributed by atoms with Gasteiger partial charge < -0.3 is 14.1 Å². The molecule has 1 atom stereocenters. The molecule has 1 heterocycles. The van der Waals surface area contributed by atoms with Crippen molar-refractivity contribution in [2.75, 3.05) is 7.11 Å². The monoisotopic (exact) mass is 382 g/mol. The van der Waals surface area contributed by atoms with Gasteiger partial charge in [0, 0.05) is 18.4 Å². The number of rotatable bonds is 8. The molecule has 1 aliphatic carbocycles. The molecule has 6 heteroatoms. The van der Waals surface area contributed by atoms with Crippen molar-refractivity contribution in [1.29, 1.82) is 0 Å². The Bertz CT molecular complexity index is 930. The molecule has 27 heavy (non-hydrogen) atoms. The van der Waals surface area contributed by atoms with Crippen LogP contribution in [-0.4, -0.2) is 22.9 Å². The first-order valence-corrected chi connectivity index (χ1v) is 9.70. The van der Waals surface area contributed by atoms with E-state index in [1.807, 2.05) is 35.0 Å². The van der Waals surface area contributed by atoms with E-state index in [2.05, 4.69) is 29.4 Å². The summed E-state index contributed by atoms with van der Waals surface area (Å²) in [5.41, 5.74) is 2.46. The van der Waals surface area contributed by atoms with Gasteiger partial charge in [0.2, 0.25) is 5.89 Å². The minimum atomic E-state index is 0.453. The lowest BCUT2D eigenvalue weighted by Gasteiger charge is -2.18. The SMILES string of the molecule is COc1ccc(C[NH+](Cn2nc(Cc3ccccc3)oc2=S)C2CC2)cc1. The third-order valence-electron chi connectivity index (χ3n) is 4.94. The zero-order valence-electron chi connectivity index (χ0n) is 15.4. The van der Waals surface area contributed by atoms with Crippen molar-refractivity contribution >= 4 is 12.2 Å². The number of quaternary nitrogens is 1. The van der Waals surface area contributed by atoms with E-state index in [0.717, 1.165) is 19.0 Å². The number of benzene rings is 2. The van der Waals surface area contributed by atoms with Crippen molar-refractivity contribution in [2.45, 2.75) is 38.5 Å². The van der Waals surface area contributed by atoms with Crippen LogP contribution in [0.5, 0.6) is 5.75 Å². The highest BCUT2D eigenvalue weighted by atomic mass is 32.1. The van der Waals surface area contributed by atoms with Gasteiger partial charge in [-0.15, -0.1) is 5.10 Å². The highest BCUT2D eigenvalue weighted by Crippen LogP contribution is 2.17. The van der Waals surface area contributed by atoms with Gasteiger partial charge >= 0.3 is 0 Å². The van der Waals surface area contributed by atoms with E-state index < -0.39 is 0 Å². The number of ether oxygens (including phenoxy) is 1. The van der Waals surface area contributed by atoms with Gasteiger partial charge in [-0.2, -0.15) is 4.68 Å². The van der Waals surface area contributed by atoms with Crippen LogP contribution in [0, 0.1) is 4.84 Å². The second kappa shape index (κ2) is 8.06. The third kappa shape index (κ3) is 4.64. The summed E-state index contributed by atoms with van der Waals surface area (Å²) in [5, 5.41) is 4.63. The highest BCUT2D eigenvalue weighted by molar-refractivity contribution is 7.71. The van der Waals surface area contributed by atoms with Gasteiger partial charge in [0.25, 0.3) is 4.84 Å². The van der Waals surface area contributed by atoms with Gasteiger partial charge in [0.05, 0.1) is 19.6 Å². The summed E-state index contributed by atoms with van der Waals surface area (Å²) in [7, 11) is 1.69. The van der Waals surface area contributed by atoms with E-state index in [1.165, 1.54) is 28.9 Å². The summed E-state index contributed by atoms with van der Waals surface area (Å²) >= 11 is 5.42. The Morgan fingerprint density at radius 2 is 1.85 bits per heavy atom. The van der Waals surface area contributed by atoms with Crippen molar-refractivity contribution in [1.82, 2.24) is 9.78 Å². The molecule has 0 amide bonds. The summed E-state index contributed by atoms with van der Waals surface area (Å²) in [6, 6.07) is 19.2. The molecular formula is C21H24N3O2S+. The van der Waals surface area contributed by atoms with Crippen molar-refractivity contribution in [3.05, 3.63) is 76.5 Å². The average molecular weight is 383 g/mol. The molecule has 2 aromatic carbocycles. The molecule has 0 aliphatic heterocycles. The van der Waals surface area contributed by atoms with E-state index in [-0.39, 0.29) is 0 Å². The zero-order valence-corrected chi connectivity index (χ0v) is 16.2. The fourth-order valence-corrected chi connectivity index (χ4v) is 3.51. The lowest BCUT2D eigenvalue weighted by molar-refractivity contribution is -0.947. The maximum Gasteiger partial charge on any atom is 0.291 e. The van der Waals surface area contributed by atoms with Crippen molar-refractivity contribution in [3.8, 4) is 5.75 Å². The number of nitrogens with one attached hydrogen (secondary N) is 1. The van der Waals surface area contributed by atoms with Gasteiger partial charge in [-0.1, -0.05) is 30.3 Å². The lowest BCUT2D eigenvalue weighted by Crippen LogP contribution is -3.11. The van der Waals surface area contributed by atoms with Gasteiger partial charge in [-0.25, -0.2) is 0 Å². The Balaban J connectivity index is 1.46. The first-order chi connectivity index (χ1) is 13.2. The number of methoxy groups -OCH3 is 1. The van der Waals surface area contributed by atoms with Crippen molar-refractivity contribution in [2.24, 2.45) is 0 Å². The van der Waals surface area contributed by atoms with E-state index in [9.17, 15) is 0 Å². The highest BCUT2D eigenvalue weighted by Gasteiger charge is 2.34. The van der Waals surface area contributed by atoms with Crippen LogP contribution < -0.4 is 9.64 Å². The summed E-state index contributed by atoms with van der Waals surface area (Å²) in [5.74, 6) is 1.56. The second-order valence-corrected chi connectivity index (χ2v) is 7.39. The quantitative estimate of drug-likeness (QED) is 0.609. The predicted molar refractivity (Wildman–Crippen MR) is 105 cm³/mol. The molecular weight excluding hydrogens is 358 g/mol. The first-order valence-electron chi connectivity index (χ1n) is 9.29. The number of aromatic nitrogens is 2. The summed E-state index contributed by atoms with van der Waals surface area (Å²) in [6.07, 6.45) is 3.18. The number of nitrogens with zero attached hydrogens (tertiary/aromatic N) is 2. The Hall–Kier alpha value is -2.44. The largest absolute Gasteiger partial charge is 0.497 e. The standard InChI is InChI=1S/C21H23N3O2S/c1-25-19-11-7-17(8-12-19)14-23(18-9-10-18)15-24-21(27)26-20(22-24)13-16-5-3-2-4-6-16/h2-8,11-12,18H,9-10,13-15H2,1H3/p+1. The van der Waals surface area contributed by atoms with Gasteiger partial charge in [-0.3, -0.25) is 0 Å². The minimum Gasteiger partial charge on any atom is -0.497 e. The summed E-state index contributed by atoms with van der Waals surface area (Å²) in [6.45, 7) is 1.67. The van der Waals surface area contributed by atoms with Crippen molar-refractivity contribution in [3.63, 3.8) is 0 Å². The molecule has 1 N–H and O–H groups in total. The zero-order chi connectivity index (χ0) is 18.6. The Kier molecular flexibility index (Phi) is 5.36. The summed E-state index contributed by atoms with van der Waals surface area (Å²) < 4.78 is 12.8. The van der Waals surface area contributed by atoms with Crippen LogP contribution in [0.15, 0.2) is 59.0 Å². The smallest absolute Gasteiger partial charge is 0.291 e. The molecule has 0 bridgehead atoms. The molecule has 0 saturated heterocycles. The van der Waals surface area contributed by atoms with E-state index in [0.29, 0.717) is 23.2 Å². The predicted octanol–water partition coefficient (Wildman–Crippen LogP) is 3.01. The van der Waals surface area contributed by atoms with Crippen LogP contribution in [-0.2, 0) is 19.6 Å². The number of hydrogen-bond acceptors (Lipinski definition) is 4. The maximum absolute atomic E-state index is 5.74. The average Bonchev–Trinajstić information content (AvgIpc) is 3.48. The Labute approximate surface area is 164 Å². The Morgan fingerprint density at radius 3 is 2.52 bits per heavy atom. The normalized spacial score (nSPS) is 14.9. The van der Waals surface area contributed by atoms with Gasteiger partial charge in [0.1, 0.15) is 12.3 Å². The summed E-state index contributed by atoms with van der Waals surface area (Å²) in [4.78, 5) is 1.92. The molecule has 1 aromatic heterocycles. The first kappa shape index (κ1) is 17.9. The van der Waals surface area contributed by atoms with Crippen LogP contribution in [0.25, 0.3) is 0 Å². The lowest BCUT2D eigenvalue weighted by atomic mass is 10.2. The molecule has 140 valence electrons. The maximum atomic E-state index is 5.74. The Morgan fingerprint density at radius 1 is 1.11 bits per heavy atom. The van der Waals surface area contributed by atoms with Crippen LogP contribution in [0.3, 0.4) is 0 Å². The van der Waals surface area contributed by atoms with Gasteiger partial charge in [-0.05, 0) is 42.0 Å². The van der Waals surface area contributed by atoms with Crippen LogP contribution >= 0.6 is 12.2 Å². The fourth-order valence-electron chi connectivity index (χ4n) is 3.31. The molecule has 1 unspecified atom stereocenters. The van der Waals surface area contributed by atoms with Crippen LogP contribution in [0.4, 0.5) is 0 Å². The molecule has 0 radical (unpaired) electrons. The van der Waals surface area contributed by atoms with Gasteiger partial charge in [0.15, 0.2) is 6.67 Å². The minimum absolute atomic E-state index is 0.453. The molecule has 4 rings (SSSR count). The molecule has 5 nitrogen and oxygen atoms in total. The van der Waals surface area contributed by atoms with E-state index >= 15 is 0 Å². The molecule has 1 aliphatic rings. The molecule has 3 aromatic rings. The fraction of sp³-hybridized carbons (Fsp3) is 0.333. The molecule has 1 saturated carbocycles. The van der Waals surface area contributed by atoms with Crippen LogP contribution in [0.2, 0.25) is 0 Å². The van der Waals surface area contributed by atoms with Crippen molar-refractivity contribution < 1.29 is 14.1 Å². The number of hydrogen-bond donors (Lipinski definition) is 1. The van der Waals surface area contributed by atoms with E-state index in [4.69, 9.17) is 21.4 Å². The molecule has 0 spiro atoms. The second-order valence-electron chi connectivity index (χ2n) is 7.04. The topological polar surface area (TPSA) is 44.6 Å².